The van der Waals surface area contributed by atoms with Crippen molar-refractivity contribution in [3.05, 3.63) is 59.8 Å². The number of aryl methyl sites for hydroxylation is 1. The first-order valence-electron chi connectivity index (χ1n) is 9.06. The van der Waals surface area contributed by atoms with E-state index in [9.17, 15) is 4.79 Å². The van der Waals surface area contributed by atoms with E-state index >= 15 is 0 Å². The number of hydrogen-bond donors (Lipinski definition) is 0. The van der Waals surface area contributed by atoms with Gasteiger partial charge in [0.2, 0.25) is 5.13 Å². The molecule has 0 bridgehead atoms. The van der Waals surface area contributed by atoms with Crippen molar-refractivity contribution >= 4 is 22.4 Å². The van der Waals surface area contributed by atoms with Crippen LogP contribution < -0.4 is 4.90 Å². The monoisotopic (exact) mass is 379 g/mol. The summed E-state index contributed by atoms with van der Waals surface area (Å²) in [4.78, 5) is 21.3. The van der Waals surface area contributed by atoms with Gasteiger partial charge in [-0.15, -0.1) is 10.2 Å². The predicted molar refractivity (Wildman–Crippen MR) is 107 cm³/mol. The Morgan fingerprint density at radius 3 is 2.78 bits per heavy atom. The van der Waals surface area contributed by atoms with Gasteiger partial charge in [-0.2, -0.15) is 0 Å². The van der Waals surface area contributed by atoms with Crippen LogP contribution in [-0.4, -0.2) is 52.2 Å². The van der Waals surface area contributed by atoms with Crippen LogP contribution in [0.4, 0.5) is 5.13 Å². The Kier molecular flexibility index (Phi) is 5.11. The molecule has 1 fully saturated rings. The predicted octanol–water partition coefficient (Wildman–Crippen LogP) is 3.26. The summed E-state index contributed by atoms with van der Waals surface area (Å²) in [5, 5.41) is 10.3. The fourth-order valence-electron chi connectivity index (χ4n) is 3.21. The number of nitrogens with zero attached hydrogens (tertiary/aromatic N) is 5. The number of pyridine rings is 1. The summed E-state index contributed by atoms with van der Waals surface area (Å²) >= 11 is 1.55. The van der Waals surface area contributed by atoms with Crippen molar-refractivity contribution in [3.8, 4) is 10.7 Å². The highest BCUT2D eigenvalue weighted by Crippen LogP contribution is 2.28. The number of carbonyl (C=O) groups excluding carboxylic acids is 1. The van der Waals surface area contributed by atoms with Crippen LogP contribution in [0.25, 0.3) is 10.7 Å². The van der Waals surface area contributed by atoms with Gasteiger partial charge in [0.05, 0.1) is 0 Å². The highest BCUT2D eigenvalue weighted by Gasteiger charge is 2.22. The molecule has 3 heterocycles. The van der Waals surface area contributed by atoms with E-state index in [1.54, 1.807) is 17.5 Å². The second kappa shape index (κ2) is 7.84. The average Bonchev–Trinajstić information content (AvgIpc) is 3.06. The molecule has 1 aromatic carbocycles. The number of rotatable bonds is 3. The molecule has 0 aliphatic carbocycles. The Labute approximate surface area is 162 Å². The topological polar surface area (TPSA) is 62.2 Å². The molecule has 0 atom stereocenters. The summed E-state index contributed by atoms with van der Waals surface area (Å²) in [6.07, 6.45) is 2.67. The SMILES string of the molecule is Cc1cccc(C(=O)N2CCCN(c3nnc(-c4ccccn4)s3)CC2)c1. The minimum atomic E-state index is 0.104. The lowest BCUT2D eigenvalue weighted by atomic mass is 10.1. The maximum atomic E-state index is 12.8. The normalized spacial score (nSPS) is 14.9. The van der Waals surface area contributed by atoms with E-state index < -0.39 is 0 Å². The molecule has 0 radical (unpaired) electrons. The van der Waals surface area contributed by atoms with Gasteiger partial charge in [0.15, 0.2) is 5.01 Å². The largest absolute Gasteiger partial charge is 0.345 e. The Morgan fingerprint density at radius 2 is 1.96 bits per heavy atom. The lowest BCUT2D eigenvalue weighted by molar-refractivity contribution is 0.0767. The molecule has 7 heteroatoms. The van der Waals surface area contributed by atoms with Crippen molar-refractivity contribution in [2.75, 3.05) is 31.1 Å². The van der Waals surface area contributed by atoms with Gasteiger partial charge >= 0.3 is 0 Å². The number of hydrogen-bond acceptors (Lipinski definition) is 6. The fraction of sp³-hybridized carbons (Fsp3) is 0.300. The quantitative estimate of drug-likeness (QED) is 0.699. The number of anilines is 1. The molecule has 2 aromatic heterocycles. The van der Waals surface area contributed by atoms with Crippen LogP contribution in [0.5, 0.6) is 0 Å². The molecule has 4 rings (SSSR count). The smallest absolute Gasteiger partial charge is 0.253 e. The molecular formula is C20H21N5OS. The van der Waals surface area contributed by atoms with Crippen LogP contribution in [0.15, 0.2) is 48.7 Å². The van der Waals surface area contributed by atoms with E-state index in [1.807, 2.05) is 54.3 Å². The second-order valence-electron chi connectivity index (χ2n) is 6.61. The minimum Gasteiger partial charge on any atom is -0.345 e. The summed E-state index contributed by atoms with van der Waals surface area (Å²) in [5.41, 5.74) is 2.71. The second-order valence-corrected chi connectivity index (χ2v) is 7.56. The Balaban J connectivity index is 1.44. The summed E-state index contributed by atoms with van der Waals surface area (Å²) in [6, 6.07) is 13.6. The lowest BCUT2D eigenvalue weighted by Crippen LogP contribution is -2.35. The molecule has 0 N–H and O–H groups in total. The van der Waals surface area contributed by atoms with Gasteiger partial charge < -0.3 is 9.80 Å². The van der Waals surface area contributed by atoms with Gasteiger partial charge in [0.25, 0.3) is 5.91 Å². The molecule has 138 valence electrons. The standard InChI is InChI=1S/C20H21N5OS/c1-15-6-4-7-16(14-15)19(26)24-10-5-11-25(13-12-24)20-23-22-18(27-20)17-8-2-3-9-21-17/h2-4,6-9,14H,5,10-13H2,1H3. The minimum absolute atomic E-state index is 0.104. The molecule has 0 saturated carbocycles. The molecule has 1 aliphatic rings. The van der Waals surface area contributed by atoms with Gasteiger partial charge in [0.1, 0.15) is 5.69 Å². The van der Waals surface area contributed by atoms with Gasteiger partial charge in [-0.05, 0) is 37.6 Å². The maximum absolute atomic E-state index is 12.8. The zero-order valence-electron chi connectivity index (χ0n) is 15.2. The van der Waals surface area contributed by atoms with Crippen molar-refractivity contribution in [1.29, 1.82) is 0 Å². The molecule has 0 unspecified atom stereocenters. The molecule has 3 aromatic rings. The molecule has 27 heavy (non-hydrogen) atoms. The third-order valence-corrected chi connectivity index (χ3v) is 5.62. The van der Waals surface area contributed by atoms with Crippen LogP contribution in [-0.2, 0) is 0 Å². The third kappa shape index (κ3) is 3.98. The van der Waals surface area contributed by atoms with E-state index in [4.69, 9.17) is 0 Å². The van der Waals surface area contributed by atoms with Crippen molar-refractivity contribution in [3.63, 3.8) is 0 Å². The van der Waals surface area contributed by atoms with Crippen LogP contribution in [0.2, 0.25) is 0 Å². The Hall–Kier alpha value is -2.80. The Bertz CT molecular complexity index is 927. The molecule has 1 aliphatic heterocycles. The van der Waals surface area contributed by atoms with E-state index in [0.717, 1.165) is 53.0 Å². The number of amides is 1. The summed E-state index contributed by atoms with van der Waals surface area (Å²) in [5.74, 6) is 0.104. The highest BCUT2D eigenvalue weighted by atomic mass is 32.1. The first-order valence-corrected chi connectivity index (χ1v) is 9.88. The molecule has 0 spiro atoms. The lowest BCUT2D eigenvalue weighted by Gasteiger charge is -2.21. The highest BCUT2D eigenvalue weighted by molar-refractivity contribution is 7.18. The van der Waals surface area contributed by atoms with Crippen molar-refractivity contribution in [1.82, 2.24) is 20.1 Å². The van der Waals surface area contributed by atoms with E-state index in [1.165, 1.54) is 0 Å². The first-order chi connectivity index (χ1) is 13.2. The molecule has 6 nitrogen and oxygen atoms in total. The molecule has 1 amide bonds. The molecule has 1 saturated heterocycles. The van der Waals surface area contributed by atoms with Gasteiger partial charge in [-0.3, -0.25) is 9.78 Å². The van der Waals surface area contributed by atoms with Crippen LogP contribution in [0.1, 0.15) is 22.3 Å². The molecular weight excluding hydrogens is 358 g/mol. The van der Waals surface area contributed by atoms with Crippen molar-refractivity contribution < 1.29 is 4.79 Å². The van der Waals surface area contributed by atoms with Crippen molar-refractivity contribution in [2.24, 2.45) is 0 Å². The summed E-state index contributed by atoms with van der Waals surface area (Å²) in [7, 11) is 0. The first kappa shape index (κ1) is 17.6. The van der Waals surface area contributed by atoms with Crippen LogP contribution >= 0.6 is 11.3 Å². The zero-order valence-corrected chi connectivity index (χ0v) is 16.0. The van der Waals surface area contributed by atoms with Gasteiger partial charge in [-0.1, -0.05) is 35.1 Å². The third-order valence-electron chi connectivity index (χ3n) is 4.62. The number of benzene rings is 1. The van der Waals surface area contributed by atoms with Crippen molar-refractivity contribution in [2.45, 2.75) is 13.3 Å². The summed E-state index contributed by atoms with van der Waals surface area (Å²) in [6.45, 7) is 5.08. The van der Waals surface area contributed by atoms with Crippen LogP contribution in [0.3, 0.4) is 0 Å². The Morgan fingerprint density at radius 1 is 1.04 bits per heavy atom. The van der Waals surface area contributed by atoms with Gasteiger partial charge in [-0.25, -0.2) is 0 Å². The van der Waals surface area contributed by atoms with E-state index in [-0.39, 0.29) is 5.91 Å². The fourth-order valence-corrected chi connectivity index (χ4v) is 4.08. The van der Waals surface area contributed by atoms with E-state index in [0.29, 0.717) is 6.54 Å². The van der Waals surface area contributed by atoms with Crippen LogP contribution in [0, 0.1) is 6.92 Å². The van der Waals surface area contributed by atoms with Gasteiger partial charge in [0, 0.05) is 37.9 Å². The van der Waals surface area contributed by atoms with E-state index in [2.05, 4.69) is 20.1 Å². The maximum Gasteiger partial charge on any atom is 0.253 e. The number of carbonyl (C=O) groups is 1. The average molecular weight is 379 g/mol. The summed E-state index contributed by atoms with van der Waals surface area (Å²) < 4.78 is 0. The number of aromatic nitrogens is 3. The zero-order chi connectivity index (χ0) is 18.6.